The largest absolute Gasteiger partial charge is 0.481 e. The van der Waals surface area contributed by atoms with Crippen LogP contribution in [-0.4, -0.2) is 30.2 Å². The lowest BCUT2D eigenvalue weighted by Crippen LogP contribution is -2.38. The molecule has 1 unspecified atom stereocenters. The molecule has 0 spiro atoms. The van der Waals surface area contributed by atoms with Crippen molar-refractivity contribution in [3.05, 3.63) is 0 Å². The number of hydrogen-bond acceptors (Lipinski definition) is 3. The SMILES string of the molecule is NC(CNCC1CCC1)CC(=O)O. The van der Waals surface area contributed by atoms with Crippen molar-refractivity contribution in [1.82, 2.24) is 5.32 Å². The van der Waals surface area contributed by atoms with Gasteiger partial charge in [-0.2, -0.15) is 0 Å². The molecule has 0 aromatic heterocycles. The summed E-state index contributed by atoms with van der Waals surface area (Å²) in [6, 6.07) is -0.252. The summed E-state index contributed by atoms with van der Waals surface area (Å²) in [5, 5.41) is 11.6. The van der Waals surface area contributed by atoms with E-state index in [1.807, 2.05) is 0 Å². The van der Waals surface area contributed by atoms with E-state index in [1.54, 1.807) is 0 Å². The number of nitrogens with one attached hydrogen (secondary N) is 1. The van der Waals surface area contributed by atoms with E-state index in [0.29, 0.717) is 6.54 Å². The van der Waals surface area contributed by atoms with E-state index < -0.39 is 5.97 Å². The standard InChI is InChI=1S/C9H18N2O2/c10-8(4-9(12)13)6-11-5-7-2-1-3-7/h7-8,11H,1-6,10H2,(H,12,13). The number of rotatable bonds is 6. The van der Waals surface area contributed by atoms with E-state index in [2.05, 4.69) is 5.32 Å². The number of carboxylic acid groups (broad SMARTS) is 1. The Kier molecular flexibility index (Phi) is 4.18. The molecule has 0 aromatic rings. The second-order valence-corrected chi connectivity index (χ2v) is 3.81. The molecule has 0 amide bonds. The minimum Gasteiger partial charge on any atom is -0.481 e. The van der Waals surface area contributed by atoms with Gasteiger partial charge in [0.1, 0.15) is 0 Å². The lowest BCUT2D eigenvalue weighted by molar-refractivity contribution is -0.137. The van der Waals surface area contributed by atoms with Gasteiger partial charge in [-0.3, -0.25) is 4.79 Å². The molecule has 0 radical (unpaired) electrons. The maximum absolute atomic E-state index is 10.3. The normalized spacial score (nSPS) is 19.5. The van der Waals surface area contributed by atoms with Gasteiger partial charge >= 0.3 is 5.97 Å². The number of hydrogen-bond donors (Lipinski definition) is 3. The predicted molar refractivity (Wildman–Crippen MR) is 50.4 cm³/mol. The lowest BCUT2D eigenvalue weighted by Gasteiger charge is -2.26. The van der Waals surface area contributed by atoms with Gasteiger partial charge < -0.3 is 16.2 Å². The second kappa shape index (κ2) is 5.19. The molecule has 1 saturated carbocycles. The molecule has 1 aliphatic carbocycles. The molecule has 0 heterocycles. The fourth-order valence-electron chi connectivity index (χ4n) is 1.47. The summed E-state index contributed by atoms with van der Waals surface area (Å²) >= 11 is 0. The Balaban J connectivity index is 1.94. The molecular weight excluding hydrogens is 168 g/mol. The molecule has 0 aromatic carbocycles. The molecule has 1 fully saturated rings. The second-order valence-electron chi connectivity index (χ2n) is 3.81. The summed E-state index contributed by atoms with van der Waals surface area (Å²) < 4.78 is 0. The van der Waals surface area contributed by atoms with Crippen LogP contribution in [0, 0.1) is 5.92 Å². The Labute approximate surface area is 78.5 Å². The third-order valence-electron chi connectivity index (χ3n) is 2.50. The minimum absolute atomic E-state index is 0.0532. The van der Waals surface area contributed by atoms with Crippen molar-refractivity contribution in [1.29, 1.82) is 0 Å². The van der Waals surface area contributed by atoms with Gasteiger partial charge in [0.25, 0.3) is 0 Å². The molecule has 13 heavy (non-hydrogen) atoms. The zero-order valence-corrected chi connectivity index (χ0v) is 7.83. The Morgan fingerprint density at radius 2 is 2.31 bits per heavy atom. The first-order valence-electron chi connectivity index (χ1n) is 4.86. The van der Waals surface area contributed by atoms with Crippen LogP contribution in [0.1, 0.15) is 25.7 Å². The fraction of sp³-hybridized carbons (Fsp3) is 0.889. The van der Waals surface area contributed by atoms with Crippen LogP contribution in [0.5, 0.6) is 0 Å². The highest BCUT2D eigenvalue weighted by Gasteiger charge is 2.17. The van der Waals surface area contributed by atoms with Gasteiger partial charge in [0.2, 0.25) is 0 Å². The molecule has 4 heteroatoms. The predicted octanol–water partition coefficient (Wildman–Crippen LogP) is 0.178. The maximum atomic E-state index is 10.3. The van der Waals surface area contributed by atoms with Crippen LogP contribution in [-0.2, 0) is 4.79 Å². The highest BCUT2D eigenvalue weighted by Crippen LogP contribution is 2.24. The van der Waals surface area contributed by atoms with Crippen LogP contribution in [0.25, 0.3) is 0 Å². The molecule has 1 atom stereocenters. The number of carbonyl (C=O) groups is 1. The van der Waals surface area contributed by atoms with E-state index in [9.17, 15) is 4.79 Å². The van der Waals surface area contributed by atoms with Crippen molar-refractivity contribution in [2.75, 3.05) is 13.1 Å². The zero-order chi connectivity index (χ0) is 9.68. The van der Waals surface area contributed by atoms with Gasteiger partial charge in [-0.15, -0.1) is 0 Å². The average molecular weight is 186 g/mol. The van der Waals surface area contributed by atoms with Crippen LogP contribution in [0.3, 0.4) is 0 Å². The maximum Gasteiger partial charge on any atom is 0.304 e. The number of aliphatic carboxylic acids is 1. The van der Waals surface area contributed by atoms with Crippen molar-refractivity contribution in [2.24, 2.45) is 11.7 Å². The van der Waals surface area contributed by atoms with Crippen molar-refractivity contribution < 1.29 is 9.90 Å². The number of carboxylic acids is 1. The summed E-state index contributed by atoms with van der Waals surface area (Å²) in [5.41, 5.74) is 5.58. The van der Waals surface area contributed by atoms with Crippen molar-refractivity contribution in [3.8, 4) is 0 Å². The van der Waals surface area contributed by atoms with E-state index in [1.165, 1.54) is 19.3 Å². The molecule has 4 nitrogen and oxygen atoms in total. The van der Waals surface area contributed by atoms with E-state index in [-0.39, 0.29) is 12.5 Å². The van der Waals surface area contributed by atoms with Crippen LogP contribution in [0.4, 0.5) is 0 Å². The Bertz CT molecular complexity index is 169. The summed E-state index contributed by atoms with van der Waals surface area (Å²) in [4.78, 5) is 10.3. The third kappa shape index (κ3) is 4.24. The molecular formula is C9H18N2O2. The molecule has 4 N–H and O–H groups in total. The Hall–Kier alpha value is -0.610. The minimum atomic E-state index is -0.821. The van der Waals surface area contributed by atoms with Crippen LogP contribution >= 0.6 is 0 Å². The van der Waals surface area contributed by atoms with Crippen molar-refractivity contribution in [2.45, 2.75) is 31.7 Å². The topological polar surface area (TPSA) is 75.3 Å². The Morgan fingerprint density at radius 3 is 2.77 bits per heavy atom. The molecule has 76 valence electrons. The van der Waals surface area contributed by atoms with Crippen LogP contribution in [0.15, 0.2) is 0 Å². The van der Waals surface area contributed by atoms with E-state index in [4.69, 9.17) is 10.8 Å². The van der Waals surface area contributed by atoms with Gasteiger partial charge in [0.15, 0.2) is 0 Å². The smallest absolute Gasteiger partial charge is 0.304 e. The van der Waals surface area contributed by atoms with Crippen molar-refractivity contribution in [3.63, 3.8) is 0 Å². The van der Waals surface area contributed by atoms with E-state index in [0.717, 1.165) is 12.5 Å². The summed E-state index contributed by atoms with van der Waals surface area (Å²) in [7, 11) is 0. The first-order valence-corrected chi connectivity index (χ1v) is 4.86. The number of nitrogens with two attached hydrogens (primary N) is 1. The highest BCUT2D eigenvalue weighted by atomic mass is 16.4. The van der Waals surface area contributed by atoms with Crippen molar-refractivity contribution >= 4 is 5.97 Å². The lowest BCUT2D eigenvalue weighted by atomic mass is 9.85. The summed E-state index contributed by atoms with van der Waals surface area (Å²) in [5.74, 6) is -0.0185. The quantitative estimate of drug-likeness (QED) is 0.553. The van der Waals surface area contributed by atoms with Gasteiger partial charge in [-0.25, -0.2) is 0 Å². The zero-order valence-electron chi connectivity index (χ0n) is 7.83. The van der Waals surface area contributed by atoms with Gasteiger partial charge in [0.05, 0.1) is 6.42 Å². The van der Waals surface area contributed by atoms with Gasteiger partial charge in [0, 0.05) is 12.6 Å². The summed E-state index contributed by atoms with van der Waals surface area (Å²) in [6.45, 7) is 1.61. The first-order chi connectivity index (χ1) is 6.18. The third-order valence-corrected chi connectivity index (χ3v) is 2.50. The fourth-order valence-corrected chi connectivity index (χ4v) is 1.47. The molecule has 0 bridgehead atoms. The molecule has 1 aliphatic rings. The van der Waals surface area contributed by atoms with Crippen LogP contribution in [0.2, 0.25) is 0 Å². The Morgan fingerprint density at radius 1 is 1.62 bits per heavy atom. The summed E-state index contributed by atoms with van der Waals surface area (Å²) in [6.07, 6.45) is 4.01. The monoisotopic (exact) mass is 186 g/mol. The molecule has 0 aliphatic heterocycles. The highest BCUT2D eigenvalue weighted by molar-refractivity contribution is 5.67. The van der Waals surface area contributed by atoms with Gasteiger partial charge in [-0.05, 0) is 25.3 Å². The average Bonchev–Trinajstić information content (AvgIpc) is 1.92. The first kappa shape index (κ1) is 10.5. The van der Waals surface area contributed by atoms with Gasteiger partial charge in [-0.1, -0.05) is 6.42 Å². The molecule has 0 saturated heterocycles. The molecule has 1 rings (SSSR count). The van der Waals surface area contributed by atoms with E-state index >= 15 is 0 Å². The van der Waals surface area contributed by atoms with Crippen LogP contribution < -0.4 is 11.1 Å².